The van der Waals surface area contributed by atoms with Gasteiger partial charge >= 0.3 is 0 Å². The van der Waals surface area contributed by atoms with Crippen molar-refractivity contribution in [2.45, 2.75) is 19.6 Å². The van der Waals surface area contributed by atoms with Crippen LogP contribution in [0.5, 0.6) is 0 Å². The molecule has 0 radical (unpaired) electrons. The van der Waals surface area contributed by atoms with E-state index in [0.717, 1.165) is 0 Å². The minimum Gasteiger partial charge on any atom is -0.347 e. The summed E-state index contributed by atoms with van der Waals surface area (Å²) < 4.78 is 11.2. The van der Waals surface area contributed by atoms with Crippen LogP contribution in [0, 0.1) is 5.41 Å². The quantitative estimate of drug-likeness (QED) is 0.707. The third kappa shape index (κ3) is 2.34. The average Bonchev–Trinajstić information content (AvgIpc) is 2.06. The summed E-state index contributed by atoms with van der Waals surface area (Å²) in [6, 6.07) is 0. The van der Waals surface area contributed by atoms with E-state index in [-0.39, 0.29) is 5.41 Å². The third-order valence-corrected chi connectivity index (χ3v) is 3.12. The van der Waals surface area contributed by atoms with Crippen molar-refractivity contribution in [1.82, 2.24) is 0 Å². The molecule has 0 amide bonds. The van der Waals surface area contributed by atoms with Crippen molar-refractivity contribution in [2.24, 2.45) is 5.41 Å². The number of ether oxygens (including phenoxy) is 2. The van der Waals surface area contributed by atoms with Crippen LogP contribution < -0.4 is 0 Å². The highest BCUT2D eigenvalue weighted by atomic mass is 79.9. The zero-order chi connectivity index (χ0) is 9.24. The van der Waals surface area contributed by atoms with Crippen molar-refractivity contribution in [2.75, 3.05) is 24.4 Å². The van der Waals surface area contributed by atoms with Crippen LogP contribution in [0.2, 0.25) is 0 Å². The van der Waals surface area contributed by atoms with Crippen LogP contribution in [-0.4, -0.2) is 30.2 Å². The van der Waals surface area contributed by atoms with Crippen LogP contribution in [0.3, 0.4) is 0 Å². The molecule has 4 heteroatoms. The van der Waals surface area contributed by atoms with Crippen molar-refractivity contribution >= 4 is 27.5 Å². The molecule has 0 aliphatic carbocycles. The van der Waals surface area contributed by atoms with Crippen LogP contribution in [0.1, 0.15) is 13.8 Å². The summed E-state index contributed by atoms with van der Waals surface area (Å²) in [4.78, 5) is 0. The Bertz CT molecular complexity index is 145. The molecule has 1 fully saturated rings. The lowest BCUT2D eigenvalue weighted by Gasteiger charge is -2.41. The SMILES string of the molecule is CC1(C)COC(CCl)(CBr)OC1. The molecule has 1 aliphatic heterocycles. The van der Waals surface area contributed by atoms with Crippen LogP contribution in [0.4, 0.5) is 0 Å². The molecule has 2 nitrogen and oxygen atoms in total. The van der Waals surface area contributed by atoms with E-state index in [1.807, 2.05) is 0 Å². The molecule has 1 rings (SSSR count). The number of hydrogen-bond donors (Lipinski definition) is 0. The number of halogens is 2. The first-order valence-electron chi connectivity index (χ1n) is 3.93. The minimum absolute atomic E-state index is 0.109. The Labute approximate surface area is 86.7 Å². The van der Waals surface area contributed by atoms with E-state index in [4.69, 9.17) is 21.1 Å². The van der Waals surface area contributed by atoms with Gasteiger partial charge in [-0.1, -0.05) is 29.8 Å². The molecular formula is C8H14BrClO2. The van der Waals surface area contributed by atoms with Gasteiger partial charge < -0.3 is 9.47 Å². The van der Waals surface area contributed by atoms with E-state index in [9.17, 15) is 0 Å². The van der Waals surface area contributed by atoms with Crippen molar-refractivity contribution in [1.29, 1.82) is 0 Å². The molecule has 72 valence electrons. The second-order valence-corrected chi connectivity index (χ2v) is 4.75. The Morgan fingerprint density at radius 1 is 1.33 bits per heavy atom. The van der Waals surface area contributed by atoms with Crippen LogP contribution in [0.15, 0.2) is 0 Å². The summed E-state index contributed by atoms with van der Waals surface area (Å²) in [5.41, 5.74) is 0.109. The molecule has 1 aliphatic rings. The predicted octanol–water partition coefficient (Wildman–Crippen LogP) is 2.39. The summed E-state index contributed by atoms with van der Waals surface area (Å²) >= 11 is 9.08. The standard InChI is InChI=1S/C8H14BrClO2/c1-7(2)5-11-8(3-9,4-10)12-6-7/h3-6H2,1-2H3. The second-order valence-electron chi connectivity index (χ2n) is 3.92. The van der Waals surface area contributed by atoms with Gasteiger partial charge in [-0.3, -0.25) is 0 Å². The first-order valence-corrected chi connectivity index (χ1v) is 5.59. The van der Waals surface area contributed by atoms with Crippen LogP contribution in [0.25, 0.3) is 0 Å². The topological polar surface area (TPSA) is 18.5 Å². The lowest BCUT2D eigenvalue weighted by Crippen LogP contribution is -2.50. The van der Waals surface area contributed by atoms with E-state index in [1.54, 1.807) is 0 Å². The van der Waals surface area contributed by atoms with Gasteiger partial charge in [0.1, 0.15) is 0 Å². The monoisotopic (exact) mass is 256 g/mol. The van der Waals surface area contributed by atoms with Gasteiger partial charge in [0.15, 0.2) is 5.79 Å². The number of alkyl halides is 2. The maximum absolute atomic E-state index is 5.75. The van der Waals surface area contributed by atoms with Crippen LogP contribution >= 0.6 is 27.5 Å². The third-order valence-electron chi connectivity index (χ3n) is 1.86. The Balaban J connectivity index is 2.53. The molecule has 0 saturated carbocycles. The largest absolute Gasteiger partial charge is 0.347 e. The highest BCUT2D eigenvalue weighted by Gasteiger charge is 2.39. The average molecular weight is 258 g/mol. The lowest BCUT2D eigenvalue weighted by molar-refractivity contribution is -0.273. The van der Waals surface area contributed by atoms with Gasteiger partial charge in [-0.2, -0.15) is 0 Å². The Hall–Kier alpha value is 0.690. The molecule has 1 saturated heterocycles. The van der Waals surface area contributed by atoms with Gasteiger partial charge in [0.05, 0.1) is 24.4 Å². The summed E-state index contributed by atoms with van der Waals surface area (Å²) in [5.74, 6) is -0.231. The van der Waals surface area contributed by atoms with E-state index in [2.05, 4.69) is 29.8 Å². The highest BCUT2D eigenvalue weighted by Crippen LogP contribution is 2.31. The Morgan fingerprint density at radius 3 is 2.17 bits per heavy atom. The van der Waals surface area contributed by atoms with Crippen molar-refractivity contribution < 1.29 is 9.47 Å². The first-order chi connectivity index (χ1) is 5.54. The van der Waals surface area contributed by atoms with Gasteiger partial charge in [-0.25, -0.2) is 0 Å². The zero-order valence-corrected chi connectivity index (χ0v) is 9.74. The fraction of sp³-hybridized carbons (Fsp3) is 1.00. The van der Waals surface area contributed by atoms with E-state index in [1.165, 1.54) is 0 Å². The molecule has 0 N–H and O–H groups in total. The van der Waals surface area contributed by atoms with Crippen molar-refractivity contribution in [3.05, 3.63) is 0 Å². The predicted molar refractivity (Wildman–Crippen MR) is 52.9 cm³/mol. The van der Waals surface area contributed by atoms with Gasteiger partial charge in [0, 0.05) is 5.41 Å². The van der Waals surface area contributed by atoms with E-state index >= 15 is 0 Å². The van der Waals surface area contributed by atoms with Gasteiger partial charge in [-0.15, -0.1) is 11.6 Å². The molecule has 0 aromatic heterocycles. The van der Waals surface area contributed by atoms with Gasteiger partial charge in [-0.05, 0) is 0 Å². The maximum atomic E-state index is 5.75. The molecule has 1 heterocycles. The van der Waals surface area contributed by atoms with Crippen LogP contribution in [-0.2, 0) is 9.47 Å². The molecule has 0 bridgehead atoms. The molecule has 0 aromatic rings. The minimum atomic E-state index is -0.600. The fourth-order valence-corrected chi connectivity index (χ4v) is 1.93. The zero-order valence-electron chi connectivity index (χ0n) is 7.40. The van der Waals surface area contributed by atoms with Crippen molar-refractivity contribution in [3.8, 4) is 0 Å². The molecule has 0 atom stereocenters. The smallest absolute Gasteiger partial charge is 0.191 e. The summed E-state index contributed by atoms with van der Waals surface area (Å²) in [7, 11) is 0. The van der Waals surface area contributed by atoms with Gasteiger partial charge in [0.2, 0.25) is 0 Å². The second kappa shape index (κ2) is 3.82. The van der Waals surface area contributed by atoms with E-state index in [0.29, 0.717) is 24.4 Å². The van der Waals surface area contributed by atoms with Gasteiger partial charge in [0.25, 0.3) is 0 Å². The maximum Gasteiger partial charge on any atom is 0.191 e. The molecular weight excluding hydrogens is 243 g/mol. The highest BCUT2D eigenvalue weighted by molar-refractivity contribution is 9.09. The summed E-state index contributed by atoms with van der Waals surface area (Å²) in [6.07, 6.45) is 0. The number of hydrogen-bond acceptors (Lipinski definition) is 2. The summed E-state index contributed by atoms with van der Waals surface area (Å²) in [5, 5.41) is 0.625. The molecule has 0 spiro atoms. The Kier molecular flexibility index (Phi) is 3.43. The number of rotatable bonds is 2. The lowest BCUT2D eigenvalue weighted by atomic mass is 9.95. The first kappa shape index (κ1) is 10.8. The molecule has 0 aromatic carbocycles. The van der Waals surface area contributed by atoms with E-state index < -0.39 is 5.79 Å². The summed E-state index contributed by atoms with van der Waals surface area (Å²) in [6.45, 7) is 5.62. The fourth-order valence-electron chi connectivity index (χ4n) is 0.927. The Morgan fingerprint density at radius 2 is 1.83 bits per heavy atom. The molecule has 0 unspecified atom stereocenters. The normalized spacial score (nSPS) is 27.0. The molecule has 12 heavy (non-hydrogen) atoms. The van der Waals surface area contributed by atoms with Crippen molar-refractivity contribution in [3.63, 3.8) is 0 Å².